The number of halogens is 5. The lowest BCUT2D eigenvalue weighted by Gasteiger charge is -2.22. The number of imidazole rings is 3. The summed E-state index contributed by atoms with van der Waals surface area (Å²) in [7, 11) is 2.00. The second-order valence-electron chi connectivity index (χ2n) is 32.2. The Morgan fingerprint density at radius 3 is 1.57 bits per heavy atom. The topological polar surface area (TPSA) is 317 Å². The number of rotatable bonds is 21. The van der Waals surface area contributed by atoms with Crippen molar-refractivity contribution in [3.63, 3.8) is 0 Å². The number of anilines is 5. The molecule has 7 aromatic carbocycles. The van der Waals surface area contributed by atoms with Gasteiger partial charge in [0.1, 0.15) is 35.3 Å². The molecule has 0 atom stereocenters. The van der Waals surface area contributed by atoms with Gasteiger partial charge in [0.05, 0.1) is 107 Å². The number of fused-ring (bicyclic) bond motifs is 8. The van der Waals surface area contributed by atoms with Crippen LogP contribution in [0.1, 0.15) is 89.6 Å². The van der Waals surface area contributed by atoms with Gasteiger partial charge in [-0.25, -0.2) is 39.3 Å². The van der Waals surface area contributed by atoms with E-state index >= 15 is 0 Å². The summed E-state index contributed by atoms with van der Waals surface area (Å²) < 4.78 is 31.5. The Balaban J connectivity index is 0.000000108. The normalized spacial score (nSPS) is 12.1. The zero-order valence-corrected chi connectivity index (χ0v) is 79.2. The minimum atomic E-state index is -0.314. The fraction of sp³-hybridized carbons (Fsp3) is 0.150. The number of aromatic amines is 2. The van der Waals surface area contributed by atoms with Gasteiger partial charge in [0, 0.05) is 153 Å². The molecule has 0 amide bonds. The SMILES string of the molecule is Brc1cnn2c(NCc3ccc4nc[nH]c4c3)cc(C3CCCCC3)nc12.CCc1cnn2c(NCc3cccnc3)cc(-c3ccccc3)nc12.Cc1ccccc1-c1cc(NCc2ccc[n+]([O-])c2)n2ncc(Br)[n+]2c1.Cn1cnc2cc(CNc3cc(-c4ccccc4)nc4c(Br)cnn34)ccc21.Fc1ccccc1-c1cc(NCc2ccc3nc[nH]c3c2)n2ncc(Br)c2n1. The standard InChI is InChI=1S/C21H17BrN6.C20H14BrFN6.C20H21BrN6.C20H19N5.C19H17BrN5O/c1-27-13-24-18-9-14(7-8-19(18)27)11-23-20-10-17(15-5-3-2-4-6-15)26-21-16(22)12-25-28(20)21;21-14-10-26-28-19(23-9-12-5-6-16-18(7-12)25-11-24-16)8-17(27-20(14)28)13-3-1-2-4-15(13)22;21-15-11-25-27-19(9-17(26-20(15)27)14-4-2-1-3-5-14)22-10-13-6-7-16-18(8-13)24-12-23-16;1-2-16-14-23-25-19(22-13-15-7-6-10-21-12-15)11-18(24-20(16)25)17-8-4-3-5-9-17;1-14-5-2-3-7-17(14)16-9-19(25-22-11-18(20)24(25)13-16)21-10-15-6-4-8-23(26)12-15/h2-10,12-13,23H,11H2,1H3;1-8,10-11,23H,9H2,(H,24,25);6-9,11-12,14,22H,1-5,10H2,(H,23,24);3-12,14,22H,2,13H2,1H3;2-9,11-13,21H,10H2,1H3/q;;;;+1. The summed E-state index contributed by atoms with van der Waals surface area (Å²) in [5.41, 5.74) is 25.4. The lowest BCUT2D eigenvalue weighted by molar-refractivity contribution is -0.631. The summed E-state index contributed by atoms with van der Waals surface area (Å²) in [4.78, 5) is 42.5. The van der Waals surface area contributed by atoms with E-state index < -0.39 is 0 Å². The smallest absolute Gasteiger partial charge is 0.241 e. The maximum Gasteiger partial charge on any atom is 0.241 e. The minimum absolute atomic E-state index is 0.314. The zero-order chi connectivity index (χ0) is 91.5. The summed E-state index contributed by atoms with van der Waals surface area (Å²) in [6, 6.07) is 71.7. The molecule has 29 nitrogen and oxygen atoms in total. The molecule has 0 spiro atoms. The van der Waals surface area contributed by atoms with Crippen LogP contribution >= 0.6 is 63.7 Å². The van der Waals surface area contributed by atoms with Gasteiger partial charge in [-0.2, -0.15) is 43.2 Å². The van der Waals surface area contributed by atoms with Gasteiger partial charge >= 0.3 is 0 Å². The molecular formula is C100H88Br4FN28O+. The molecule has 15 heterocycles. The molecule has 0 aliphatic heterocycles. The lowest BCUT2D eigenvalue weighted by atomic mass is 9.87. The van der Waals surface area contributed by atoms with Crippen LogP contribution in [0.15, 0.2) is 317 Å². The molecule has 1 saturated carbocycles. The number of aromatic nitrogens is 23. The Morgan fingerprint density at radius 2 is 0.970 bits per heavy atom. The molecule has 15 aromatic heterocycles. The van der Waals surface area contributed by atoms with Crippen molar-refractivity contribution in [3.8, 4) is 44.9 Å². The van der Waals surface area contributed by atoms with E-state index in [1.54, 1.807) is 83.1 Å². The van der Waals surface area contributed by atoms with E-state index in [9.17, 15) is 9.60 Å². The van der Waals surface area contributed by atoms with Crippen molar-refractivity contribution in [3.05, 3.63) is 373 Å². The number of hydrogen-bond acceptors (Lipinski definition) is 19. The number of aryl methyl sites for hydroxylation is 3. The van der Waals surface area contributed by atoms with E-state index in [0.29, 0.717) is 49.0 Å². The Kier molecular flexibility index (Phi) is 26.6. The first-order valence-electron chi connectivity index (χ1n) is 43.6. The van der Waals surface area contributed by atoms with Crippen molar-refractivity contribution in [1.82, 2.24) is 103 Å². The van der Waals surface area contributed by atoms with Crippen LogP contribution in [0.4, 0.5) is 33.5 Å². The first-order chi connectivity index (χ1) is 65.6. The molecule has 22 aromatic rings. The predicted molar refractivity (Wildman–Crippen MR) is 534 cm³/mol. The molecular weight excluding hydrogens is 1950 g/mol. The van der Waals surface area contributed by atoms with E-state index in [2.05, 4.69) is 249 Å². The van der Waals surface area contributed by atoms with Crippen molar-refractivity contribution >= 4 is 148 Å². The van der Waals surface area contributed by atoms with Crippen LogP contribution in [0, 0.1) is 17.9 Å². The van der Waals surface area contributed by atoms with Crippen molar-refractivity contribution in [2.45, 2.75) is 91.0 Å². The van der Waals surface area contributed by atoms with Crippen LogP contribution in [0.5, 0.6) is 0 Å². The van der Waals surface area contributed by atoms with E-state index in [-0.39, 0.29) is 5.82 Å². The molecule has 0 bridgehead atoms. The van der Waals surface area contributed by atoms with Gasteiger partial charge in [-0.1, -0.05) is 148 Å². The minimum Gasteiger partial charge on any atom is -0.619 e. The Labute approximate surface area is 801 Å². The van der Waals surface area contributed by atoms with Gasteiger partial charge in [-0.15, -0.1) is 4.52 Å². The van der Waals surface area contributed by atoms with Gasteiger partial charge in [-0.3, -0.25) is 4.98 Å². The van der Waals surface area contributed by atoms with Gasteiger partial charge < -0.3 is 46.3 Å². The van der Waals surface area contributed by atoms with Crippen LogP contribution in [-0.4, -0.2) is 103 Å². The van der Waals surface area contributed by atoms with E-state index in [1.165, 1.54) is 61.2 Å². The predicted octanol–water partition coefficient (Wildman–Crippen LogP) is 21.3. The summed E-state index contributed by atoms with van der Waals surface area (Å²) in [6.45, 7) is 7.38. The summed E-state index contributed by atoms with van der Waals surface area (Å²) >= 11 is 14.1. The number of benzene rings is 7. The summed E-state index contributed by atoms with van der Waals surface area (Å²) in [5.74, 6) is 4.58. The highest BCUT2D eigenvalue weighted by molar-refractivity contribution is 9.11. The van der Waals surface area contributed by atoms with Crippen molar-refractivity contribution in [2.75, 3.05) is 26.6 Å². The number of pyridine rings is 2. The summed E-state index contributed by atoms with van der Waals surface area (Å²) in [6.07, 6.45) is 30.1. The number of hydrogen-bond donors (Lipinski definition) is 7. The second kappa shape index (κ2) is 40.4. The highest BCUT2D eigenvalue weighted by Crippen LogP contribution is 2.36. The zero-order valence-electron chi connectivity index (χ0n) is 72.8. The van der Waals surface area contributed by atoms with Gasteiger partial charge in [0.2, 0.25) is 10.8 Å². The van der Waals surface area contributed by atoms with E-state index in [1.807, 2.05) is 158 Å². The van der Waals surface area contributed by atoms with E-state index in [0.717, 1.165) is 176 Å². The first kappa shape index (κ1) is 88.3. The van der Waals surface area contributed by atoms with Gasteiger partial charge in [-0.05, 0) is 174 Å². The van der Waals surface area contributed by atoms with E-state index in [4.69, 9.17) is 15.0 Å². The Hall–Kier alpha value is -15.0. The average molecular weight is 2040 g/mol. The molecule has 0 radical (unpaired) electrons. The fourth-order valence-electron chi connectivity index (χ4n) is 16.2. The van der Waals surface area contributed by atoms with Gasteiger partial charge in [0.25, 0.3) is 0 Å². The molecule has 1 aliphatic rings. The molecule has 34 heteroatoms. The first-order valence-corrected chi connectivity index (χ1v) is 46.8. The Morgan fingerprint density at radius 1 is 0.448 bits per heavy atom. The number of nitrogens with zero attached hydrogens (tertiary/aromatic N) is 21. The third-order valence-corrected chi connectivity index (χ3v) is 25.4. The molecule has 134 heavy (non-hydrogen) atoms. The molecule has 1 fully saturated rings. The number of nitrogens with one attached hydrogen (secondary N) is 7. The third-order valence-electron chi connectivity index (χ3n) is 23.2. The van der Waals surface area contributed by atoms with Crippen molar-refractivity contribution in [2.24, 2.45) is 7.05 Å². The highest BCUT2D eigenvalue weighted by Gasteiger charge is 2.24. The average Bonchev–Trinajstić information content (AvgIpc) is 1.59. The largest absolute Gasteiger partial charge is 0.619 e. The molecule has 23 rings (SSSR count). The quantitative estimate of drug-likeness (QED) is 0.0260. The molecule has 668 valence electrons. The Bertz CT molecular complexity index is 7900. The van der Waals surface area contributed by atoms with Crippen LogP contribution in [0.25, 0.3) is 101 Å². The maximum atomic E-state index is 14.3. The fourth-order valence-corrected chi connectivity index (χ4v) is 17.6. The second-order valence-corrected chi connectivity index (χ2v) is 35.5. The molecule has 0 saturated heterocycles. The maximum absolute atomic E-state index is 14.3. The van der Waals surface area contributed by atoms with Crippen molar-refractivity contribution < 1.29 is 13.6 Å². The summed E-state index contributed by atoms with van der Waals surface area (Å²) in [5, 5.41) is 51.0. The molecule has 1 aliphatic carbocycles. The number of H-pyrrole nitrogens is 2. The molecule has 0 unspecified atom stereocenters. The van der Waals surface area contributed by atoms with Crippen LogP contribution in [0.2, 0.25) is 0 Å². The van der Waals surface area contributed by atoms with Crippen molar-refractivity contribution in [1.29, 1.82) is 0 Å². The molecule has 7 N–H and O–H groups in total. The van der Waals surface area contributed by atoms with Gasteiger partial charge in [0.15, 0.2) is 40.8 Å². The van der Waals surface area contributed by atoms with Crippen LogP contribution in [0.3, 0.4) is 0 Å². The van der Waals surface area contributed by atoms with Crippen LogP contribution in [-0.2, 0) is 46.2 Å². The third kappa shape index (κ3) is 19.9. The monoisotopic (exact) mass is 2030 g/mol. The van der Waals surface area contributed by atoms with Crippen LogP contribution < -0.4 is 35.8 Å². The highest BCUT2D eigenvalue weighted by atomic mass is 79.9. The lowest BCUT2D eigenvalue weighted by Crippen LogP contribution is -2.31.